The third-order valence-corrected chi connectivity index (χ3v) is 3.05. The summed E-state index contributed by atoms with van der Waals surface area (Å²) in [5.74, 6) is 1.36. The fraction of sp³-hybridized carbons (Fsp3) is 0.200. The van der Waals surface area contributed by atoms with Gasteiger partial charge < -0.3 is 15.2 Å². The van der Waals surface area contributed by atoms with Crippen molar-refractivity contribution in [1.82, 2.24) is 0 Å². The third kappa shape index (κ3) is 3.19. The van der Waals surface area contributed by atoms with Crippen LogP contribution in [0.4, 0.5) is 0 Å². The summed E-state index contributed by atoms with van der Waals surface area (Å²) in [6, 6.07) is 13.4. The van der Waals surface area contributed by atoms with Crippen molar-refractivity contribution in [2.24, 2.45) is 5.73 Å². The molecule has 0 aliphatic heterocycles. The molecule has 2 N–H and O–H groups in total. The van der Waals surface area contributed by atoms with E-state index in [1.807, 2.05) is 42.5 Å². The lowest BCUT2D eigenvalue weighted by atomic mass is 10.1. The lowest BCUT2D eigenvalue weighted by Crippen LogP contribution is -2.11. The summed E-state index contributed by atoms with van der Waals surface area (Å²) >= 11 is 6.19. The number of rotatable bonds is 5. The minimum absolute atomic E-state index is 0.460. The molecule has 0 aliphatic carbocycles. The Hall–Kier alpha value is -1.71. The molecule has 0 fully saturated rings. The van der Waals surface area contributed by atoms with E-state index in [1.54, 1.807) is 7.11 Å². The normalized spacial score (nSPS) is 10.3. The topological polar surface area (TPSA) is 44.5 Å². The fourth-order valence-electron chi connectivity index (χ4n) is 1.82. The van der Waals surface area contributed by atoms with Crippen LogP contribution < -0.4 is 15.2 Å². The van der Waals surface area contributed by atoms with E-state index < -0.39 is 0 Å². The fourth-order valence-corrected chi connectivity index (χ4v) is 2.06. The van der Waals surface area contributed by atoms with Crippen LogP contribution in [0.15, 0.2) is 42.5 Å². The SMILES string of the molecule is COc1cc(-c2ccccc2Cl)ccc1OCCN. The number of hydrogen-bond acceptors (Lipinski definition) is 3. The molecule has 0 atom stereocenters. The van der Waals surface area contributed by atoms with E-state index in [9.17, 15) is 0 Å². The lowest BCUT2D eigenvalue weighted by molar-refractivity contribution is 0.302. The van der Waals surface area contributed by atoms with Crippen molar-refractivity contribution >= 4 is 11.6 Å². The van der Waals surface area contributed by atoms with Gasteiger partial charge in [-0.2, -0.15) is 0 Å². The minimum Gasteiger partial charge on any atom is -0.493 e. The second-order valence-corrected chi connectivity index (χ2v) is 4.39. The van der Waals surface area contributed by atoms with Gasteiger partial charge >= 0.3 is 0 Å². The summed E-state index contributed by atoms with van der Waals surface area (Å²) in [5, 5.41) is 0.708. The van der Waals surface area contributed by atoms with Gasteiger partial charge in [-0.1, -0.05) is 35.9 Å². The van der Waals surface area contributed by atoms with Crippen molar-refractivity contribution in [3.8, 4) is 22.6 Å². The zero-order chi connectivity index (χ0) is 13.7. The van der Waals surface area contributed by atoms with Crippen LogP contribution in [0.25, 0.3) is 11.1 Å². The Morgan fingerprint density at radius 3 is 2.58 bits per heavy atom. The molecule has 0 aliphatic rings. The zero-order valence-corrected chi connectivity index (χ0v) is 11.5. The maximum atomic E-state index is 6.19. The molecule has 2 aromatic rings. The zero-order valence-electron chi connectivity index (χ0n) is 10.7. The van der Waals surface area contributed by atoms with Crippen molar-refractivity contribution < 1.29 is 9.47 Å². The molecule has 19 heavy (non-hydrogen) atoms. The van der Waals surface area contributed by atoms with Gasteiger partial charge in [0.25, 0.3) is 0 Å². The first-order valence-corrected chi connectivity index (χ1v) is 6.40. The van der Waals surface area contributed by atoms with Crippen LogP contribution in [-0.4, -0.2) is 20.3 Å². The molecule has 4 heteroatoms. The Morgan fingerprint density at radius 1 is 1.11 bits per heavy atom. The third-order valence-electron chi connectivity index (χ3n) is 2.72. The molecule has 0 heterocycles. The van der Waals surface area contributed by atoms with Gasteiger partial charge in [0.05, 0.1) is 7.11 Å². The highest BCUT2D eigenvalue weighted by molar-refractivity contribution is 6.33. The number of halogens is 1. The molecule has 2 rings (SSSR count). The Kier molecular flexibility index (Phi) is 4.66. The van der Waals surface area contributed by atoms with Gasteiger partial charge in [-0.05, 0) is 23.8 Å². The molecule has 3 nitrogen and oxygen atoms in total. The van der Waals surface area contributed by atoms with Crippen LogP contribution in [0.2, 0.25) is 5.02 Å². The first-order chi connectivity index (χ1) is 9.26. The monoisotopic (exact) mass is 277 g/mol. The molecule has 0 unspecified atom stereocenters. The van der Waals surface area contributed by atoms with Gasteiger partial charge in [-0.3, -0.25) is 0 Å². The van der Waals surface area contributed by atoms with E-state index in [0.29, 0.717) is 29.7 Å². The second-order valence-electron chi connectivity index (χ2n) is 3.98. The van der Waals surface area contributed by atoms with Gasteiger partial charge in [-0.15, -0.1) is 0 Å². The summed E-state index contributed by atoms with van der Waals surface area (Å²) in [5.41, 5.74) is 7.38. The van der Waals surface area contributed by atoms with Crippen LogP contribution in [0.1, 0.15) is 0 Å². The first-order valence-electron chi connectivity index (χ1n) is 6.02. The molecule has 0 amide bonds. The van der Waals surface area contributed by atoms with Gasteiger partial charge in [0, 0.05) is 17.1 Å². The van der Waals surface area contributed by atoms with Crippen molar-refractivity contribution in [2.75, 3.05) is 20.3 Å². The van der Waals surface area contributed by atoms with E-state index in [2.05, 4.69) is 0 Å². The van der Waals surface area contributed by atoms with E-state index in [1.165, 1.54) is 0 Å². The van der Waals surface area contributed by atoms with Gasteiger partial charge in [0.15, 0.2) is 11.5 Å². The number of methoxy groups -OCH3 is 1. The molecule has 0 saturated heterocycles. The molecule has 100 valence electrons. The van der Waals surface area contributed by atoms with Gasteiger partial charge in [0.2, 0.25) is 0 Å². The molecular formula is C15H16ClNO2. The number of benzene rings is 2. The molecule has 0 radical (unpaired) electrons. The molecule has 0 bridgehead atoms. The Morgan fingerprint density at radius 2 is 1.89 bits per heavy atom. The quantitative estimate of drug-likeness (QED) is 0.911. The maximum Gasteiger partial charge on any atom is 0.161 e. The van der Waals surface area contributed by atoms with Gasteiger partial charge in [-0.25, -0.2) is 0 Å². The average Bonchev–Trinajstić information content (AvgIpc) is 2.45. The Labute approximate surface area is 117 Å². The van der Waals surface area contributed by atoms with E-state index in [0.717, 1.165) is 11.1 Å². The summed E-state index contributed by atoms with van der Waals surface area (Å²) in [4.78, 5) is 0. The van der Waals surface area contributed by atoms with E-state index in [4.69, 9.17) is 26.8 Å². The molecule has 0 spiro atoms. The van der Waals surface area contributed by atoms with Gasteiger partial charge in [0.1, 0.15) is 6.61 Å². The highest BCUT2D eigenvalue weighted by Crippen LogP contribution is 2.35. The van der Waals surface area contributed by atoms with E-state index >= 15 is 0 Å². The van der Waals surface area contributed by atoms with Crippen molar-refractivity contribution in [3.05, 3.63) is 47.5 Å². The minimum atomic E-state index is 0.460. The molecule has 0 saturated carbocycles. The Balaban J connectivity index is 2.36. The molecule has 0 aromatic heterocycles. The highest BCUT2D eigenvalue weighted by atomic mass is 35.5. The van der Waals surface area contributed by atoms with Crippen molar-refractivity contribution in [2.45, 2.75) is 0 Å². The molecular weight excluding hydrogens is 262 g/mol. The number of nitrogens with two attached hydrogens (primary N) is 1. The maximum absolute atomic E-state index is 6.19. The summed E-state index contributed by atoms with van der Waals surface area (Å²) in [6.45, 7) is 0.928. The lowest BCUT2D eigenvalue weighted by Gasteiger charge is -2.12. The van der Waals surface area contributed by atoms with Crippen LogP contribution in [-0.2, 0) is 0 Å². The Bertz CT molecular complexity index is 558. The highest BCUT2D eigenvalue weighted by Gasteiger charge is 2.08. The van der Waals surface area contributed by atoms with Crippen LogP contribution in [0.3, 0.4) is 0 Å². The largest absolute Gasteiger partial charge is 0.493 e. The first kappa shape index (κ1) is 13.7. The summed E-state index contributed by atoms with van der Waals surface area (Å²) in [6.07, 6.45) is 0. The number of hydrogen-bond donors (Lipinski definition) is 1. The average molecular weight is 278 g/mol. The van der Waals surface area contributed by atoms with Crippen LogP contribution in [0, 0.1) is 0 Å². The van der Waals surface area contributed by atoms with E-state index in [-0.39, 0.29) is 0 Å². The smallest absolute Gasteiger partial charge is 0.161 e. The van der Waals surface area contributed by atoms with Crippen LogP contribution in [0.5, 0.6) is 11.5 Å². The molecule has 2 aromatic carbocycles. The van der Waals surface area contributed by atoms with Crippen LogP contribution >= 0.6 is 11.6 Å². The summed E-state index contributed by atoms with van der Waals surface area (Å²) in [7, 11) is 1.61. The predicted octanol–water partition coefficient (Wildman–Crippen LogP) is 3.35. The predicted molar refractivity (Wildman–Crippen MR) is 78.0 cm³/mol. The van der Waals surface area contributed by atoms with Crippen molar-refractivity contribution in [1.29, 1.82) is 0 Å². The standard InChI is InChI=1S/C15H16ClNO2/c1-18-15-10-11(6-7-14(15)19-9-8-17)12-4-2-3-5-13(12)16/h2-7,10H,8-9,17H2,1H3. The summed E-state index contributed by atoms with van der Waals surface area (Å²) < 4.78 is 10.9. The van der Waals surface area contributed by atoms with Crippen molar-refractivity contribution in [3.63, 3.8) is 0 Å². The number of ether oxygens (including phenoxy) is 2. The second kappa shape index (κ2) is 6.45.